The molecule has 1 fully saturated rings. The maximum absolute atomic E-state index is 5.60. The summed E-state index contributed by atoms with van der Waals surface area (Å²) >= 11 is 0. The molecule has 0 aromatic carbocycles. The molecule has 1 saturated carbocycles. The highest BCUT2D eigenvalue weighted by Crippen LogP contribution is 2.29. The Kier molecular flexibility index (Phi) is 3.61. The van der Waals surface area contributed by atoms with Gasteiger partial charge in [-0.3, -0.25) is 10.5 Å². The van der Waals surface area contributed by atoms with Crippen molar-refractivity contribution in [3.8, 4) is 0 Å². The molecule has 0 radical (unpaired) electrons. The predicted octanol–water partition coefficient (Wildman–Crippen LogP) is 1.47. The number of hydrazine groups is 1. The van der Waals surface area contributed by atoms with Crippen LogP contribution < -0.4 is 11.3 Å². The van der Waals surface area contributed by atoms with Crippen molar-refractivity contribution in [2.75, 3.05) is 0 Å². The largest absolute Gasteiger partial charge is 0.347 e. The number of aromatic nitrogens is 4. The maximum atomic E-state index is 5.60. The van der Waals surface area contributed by atoms with Crippen LogP contribution in [-0.2, 0) is 6.42 Å². The van der Waals surface area contributed by atoms with Crippen LogP contribution in [0.3, 0.4) is 0 Å². The number of imidazole rings is 1. The Hall–Kier alpha value is -1.66. The summed E-state index contributed by atoms with van der Waals surface area (Å²) in [7, 11) is 0. The van der Waals surface area contributed by atoms with Gasteiger partial charge in [0.15, 0.2) is 0 Å². The van der Waals surface area contributed by atoms with Gasteiger partial charge in [0.2, 0.25) is 0 Å². The van der Waals surface area contributed by atoms with Crippen LogP contribution in [0.2, 0.25) is 0 Å². The Bertz CT molecular complexity index is 497. The molecule has 4 N–H and O–H groups in total. The Balaban J connectivity index is 1.69. The topological polar surface area (TPSA) is 84.5 Å². The minimum atomic E-state index is -0.0260. The number of H-pyrrole nitrogens is 1. The van der Waals surface area contributed by atoms with Crippen molar-refractivity contribution in [3.05, 3.63) is 36.2 Å². The normalized spacial score (nSPS) is 17.9. The molecule has 2 aromatic rings. The second-order valence-electron chi connectivity index (χ2n) is 5.12. The van der Waals surface area contributed by atoms with E-state index in [1.807, 2.05) is 0 Å². The molecular weight excluding hydrogens is 240 g/mol. The summed E-state index contributed by atoms with van der Waals surface area (Å²) in [5.74, 6) is 6.44. The molecule has 3 rings (SSSR count). The van der Waals surface area contributed by atoms with Crippen molar-refractivity contribution < 1.29 is 0 Å². The Morgan fingerprint density at radius 3 is 3.00 bits per heavy atom. The highest BCUT2D eigenvalue weighted by Gasteiger charge is 2.19. The van der Waals surface area contributed by atoms with Crippen molar-refractivity contribution in [1.82, 2.24) is 25.2 Å². The van der Waals surface area contributed by atoms with Crippen LogP contribution in [0, 0.1) is 0 Å². The molecule has 19 heavy (non-hydrogen) atoms. The van der Waals surface area contributed by atoms with Crippen LogP contribution in [0.4, 0.5) is 0 Å². The summed E-state index contributed by atoms with van der Waals surface area (Å²) in [5, 5.41) is 4.67. The van der Waals surface area contributed by atoms with Crippen molar-refractivity contribution in [3.63, 3.8) is 0 Å². The van der Waals surface area contributed by atoms with Crippen molar-refractivity contribution in [2.45, 2.75) is 44.2 Å². The van der Waals surface area contributed by atoms with Gasteiger partial charge in [-0.25, -0.2) is 10.4 Å². The first kappa shape index (κ1) is 12.4. The third-order valence-electron chi connectivity index (χ3n) is 3.83. The van der Waals surface area contributed by atoms with E-state index >= 15 is 0 Å². The summed E-state index contributed by atoms with van der Waals surface area (Å²) in [6, 6.07) is 2.63. The van der Waals surface area contributed by atoms with Gasteiger partial charge >= 0.3 is 0 Å². The maximum Gasteiger partial charge on any atom is 0.124 e. The van der Waals surface area contributed by atoms with E-state index in [1.54, 1.807) is 12.4 Å². The van der Waals surface area contributed by atoms with Crippen molar-refractivity contribution in [1.29, 1.82) is 0 Å². The molecule has 0 spiro atoms. The van der Waals surface area contributed by atoms with Gasteiger partial charge in [-0.1, -0.05) is 12.8 Å². The van der Waals surface area contributed by atoms with E-state index in [9.17, 15) is 0 Å². The highest BCUT2D eigenvalue weighted by atomic mass is 15.3. The molecule has 6 nitrogen and oxygen atoms in total. The first-order valence-electron chi connectivity index (χ1n) is 6.86. The van der Waals surface area contributed by atoms with Crippen molar-refractivity contribution >= 4 is 0 Å². The van der Waals surface area contributed by atoms with E-state index in [2.05, 4.69) is 37.4 Å². The van der Waals surface area contributed by atoms with Gasteiger partial charge in [-0.15, -0.1) is 0 Å². The molecule has 1 atom stereocenters. The fourth-order valence-electron chi connectivity index (χ4n) is 2.77. The fourth-order valence-corrected chi connectivity index (χ4v) is 2.77. The summed E-state index contributed by atoms with van der Waals surface area (Å²) in [5.41, 5.74) is 3.84. The number of hydrogen-bond donors (Lipinski definition) is 3. The first-order chi connectivity index (χ1) is 9.36. The molecule has 0 aliphatic heterocycles. The van der Waals surface area contributed by atoms with Gasteiger partial charge in [-0.2, -0.15) is 5.10 Å². The monoisotopic (exact) mass is 260 g/mol. The van der Waals surface area contributed by atoms with Crippen LogP contribution >= 0.6 is 0 Å². The second-order valence-corrected chi connectivity index (χ2v) is 5.12. The smallest absolute Gasteiger partial charge is 0.124 e. The lowest BCUT2D eigenvalue weighted by Gasteiger charge is -2.12. The number of rotatable bonds is 5. The minimum Gasteiger partial charge on any atom is -0.347 e. The zero-order chi connectivity index (χ0) is 13.1. The Labute approximate surface area is 112 Å². The third kappa shape index (κ3) is 2.69. The average Bonchev–Trinajstić information content (AvgIpc) is 3.15. The molecule has 0 bridgehead atoms. The molecule has 1 aliphatic carbocycles. The number of nitrogens with one attached hydrogen (secondary N) is 2. The lowest BCUT2D eigenvalue weighted by Crippen LogP contribution is -2.30. The van der Waals surface area contributed by atoms with Crippen LogP contribution in [-0.4, -0.2) is 19.7 Å². The van der Waals surface area contributed by atoms with E-state index in [-0.39, 0.29) is 6.04 Å². The van der Waals surface area contributed by atoms with Crippen molar-refractivity contribution in [2.24, 2.45) is 5.84 Å². The Morgan fingerprint density at radius 2 is 2.32 bits per heavy atom. The summed E-state index contributed by atoms with van der Waals surface area (Å²) < 4.78 is 2.11. The van der Waals surface area contributed by atoms with Gasteiger partial charge in [0.05, 0.1) is 17.8 Å². The van der Waals surface area contributed by atoms with E-state index in [0.717, 1.165) is 17.9 Å². The molecule has 6 heteroatoms. The number of nitrogens with zero attached hydrogens (tertiary/aromatic N) is 3. The summed E-state index contributed by atoms with van der Waals surface area (Å²) in [6.45, 7) is 0. The van der Waals surface area contributed by atoms with Gasteiger partial charge in [-0.05, 0) is 18.9 Å². The molecule has 2 heterocycles. The SMILES string of the molecule is NNC(Cc1ccn(C2CCCC2)n1)c1ncc[nH]1. The lowest BCUT2D eigenvalue weighted by molar-refractivity contribution is 0.455. The molecule has 1 aliphatic rings. The minimum absolute atomic E-state index is 0.0260. The molecule has 0 amide bonds. The zero-order valence-electron chi connectivity index (χ0n) is 10.9. The molecule has 1 unspecified atom stereocenters. The number of aromatic amines is 1. The van der Waals surface area contributed by atoms with Gasteiger partial charge < -0.3 is 4.98 Å². The van der Waals surface area contributed by atoms with Crippen LogP contribution in [0.5, 0.6) is 0 Å². The summed E-state index contributed by atoms with van der Waals surface area (Å²) in [4.78, 5) is 7.32. The highest BCUT2D eigenvalue weighted by molar-refractivity contribution is 5.07. The standard InChI is InChI=1S/C13H20N6/c14-17-12(13-15-6-7-16-13)9-10-5-8-19(18-10)11-3-1-2-4-11/h5-8,11-12,17H,1-4,9,14H2,(H,15,16). The zero-order valence-corrected chi connectivity index (χ0v) is 10.9. The second kappa shape index (κ2) is 5.54. The summed E-state index contributed by atoms with van der Waals surface area (Å²) in [6.07, 6.45) is 11.5. The van der Waals surface area contributed by atoms with E-state index < -0.39 is 0 Å². The van der Waals surface area contributed by atoms with Gasteiger partial charge in [0.25, 0.3) is 0 Å². The van der Waals surface area contributed by atoms with Gasteiger partial charge in [0, 0.05) is 25.0 Å². The van der Waals surface area contributed by atoms with Gasteiger partial charge in [0.1, 0.15) is 5.82 Å². The average molecular weight is 260 g/mol. The van der Waals surface area contributed by atoms with E-state index in [1.165, 1.54) is 25.7 Å². The van der Waals surface area contributed by atoms with E-state index in [0.29, 0.717) is 6.04 Å². The van der Waals surface area contributed by atoms with E-state index in [4.69, 9.17) is 5.84 Å². The number of hydrogen-bond acceptors (Lipinski definition) is 4. The quantitative estimate of drug-likeness (QED) is 0.561. The first-order valence-corrected chi connectivity index (χ1v) is 6.86. The number of nitrogens with two attached hydrogens (primary N) is 1. The molecule has 0 saturated heterocycles. The fraction of sp³-hybridized carbons (Fsp3) is 0.538. The molecular formula is C13H20N6. The molecule has 2 aromatic heterocycles. The van der Waals surface area contributed by atoms with Crippen LogP contribution in [0.1, 0.15) is 49.3 Å². The predicted molar refractivity (Wildman–Crippen MR) is 72.1 cm³/mol. The van der Waals surface area contributed by atoms with Crippen LogP contribution in [0.25, 0.3) is 0 Å². The Morgan fingerprint density at radius 1 is 1.47 bits per heavy atom. The molecule has 102 valence electrons. The van der Waals surface area contributed by atoms with Crippen LogP contribution in [0.15, 0.2) is 24.7 Å². The third-order valence-corrected chi connectivity index (χ3v) is 3.83. The lowest BCUT2D eigenvalue weighted by atomic mass is 10.1.